The van der Waals surface area contributed by atoms with Gasteiger partial charge in [-0.15, -0.1) is 16.4 Å². The Morgan fingerprint density at radius 1 is 1.26 bits per heavy atom. The minimum Gasteiger partial charge on any atom is -0.477 e. The molecular formula is C26H21ClFN6O3S+. The summed E-state index contributed by atoms with van der Waals surface area (Å²) in [7, 11) is 0. The van der Waals surface area contributed by atoms with Crippen LogP contribution in [0.1, 0.15) is 52.5 Å². The molecule has 1 saturated carbocycles. The Hall–Kier alpha value is -3.96. The van der Waals surface area contributed by atoms with Crippen molar-refractivity contribution in [3.63, 3.8) is 0 Å². The number of carboxylic acids is 1. The van der Waals surface area contributed by atoms with Crippen molar-refractivity contribution in [2.45, 2.75) is 31.6 Å². The van der Waals surface area contributed by atoms with Crippen molar-refractivity contribution >= 4 is 40.2 Å². The van der Waals surface area contributed by atoms with Crippen molar-refractivity contribution in [2.24, 2.45) is 10.9 Å². The molecule has 4 aromatic rings. The lowest BCUT2D eigenvalue weighted by Gasteiger charge is -2.15. The van der Waals surface area contributed by atoms with Gasteiger partial charge in [0.05, 0.1) is 17.2 Å². The fourth-order valence-electron chi connectivity index (χ4n) is 4.79. The quantitative estimate of drug-likeness (QED) is 0.230. The first kappa shape index (κ1) is 24.4. The highest BCUT2D eigenvalue weighted by atomic mass is 35.5. The van der Waals surface area contributed by atoms with Crippen molar-refractivity contribution in [2.75, 3.05) is 0 Å². The average molecular weight is 552 g/mol. The van der Waals surface area contributed by atoms with Crippen molar-refractivity contribution in [1.82, 2.24) is 20.2 Å². The molecule has 12 heteroatoms. The van der Waals surface area contributed by atoms with Crippen LogP contribution < -0.4 is 4.73 Å². The number of aromatic nitrogens is 5. The predicted octanol–water partition coefficient (Wildman–Crippen LogP) is 5.18. The third kappa shape index (κ3) is 4.59. The van der Waals surface area contributed by atoms with Gasteiger partial charge in [0.15, 0.2) is 5.82 Å². The summed E-state index contributed by atoms with van der Waals surface area (Å²) in [6.07, 6.45) is 8.13. The van der Waals surface area contributed by atoms with Crippen LogP contribution in [0.2, 0.25) is 5.02 Å². The number of allylic oxidation sites excluding steroid dienone is 1. The van der Waals surface area contributed by atoms with Gasteiger partial charge in [-0.05, 0) is 52.6 Å². The van der Waals surface area contributed by atoms with Crippen LogP contribution >= 0.6 is 22.9 Å². The van der Waals surface area contributed by atoms with Gasteiger partial charge in [-0.3, -0.25) is 10.2 Å². The molecule has 192 valence electrons. The van der Waals surface area contributed by atoms with E-state index in [0.29, 0.717) is 39.9 Å². The van der Waals surface area contributed by atoms with E-state index in [9.17, 15) is 19.5 Å². The fraction of sp³-hybridized carbons (Fsp3) is 0.231. The molecular weight excluding hydrogens is 531 g/mol. The Morgan fingerprint density at radius 3 is 2.79 bits per heavy atom. The smallest absolute Gasteiger partial charge is 0.348 e. The van der Waals surface area contributed by atoms with Gasteiger partial charge in [-0.1, -0.05) is 24.4 Å². The average Bonchev–Trinajstić information content (AvgIpc) is 3.27. The van der Waals surface area contributed by atoms with E-state index in [1.165, 1.54) is 16.4 Å². The zero-order valence-corrected chi connectivity index (χ0v) is 21.4. The number of rotatable bonds is 8. The number of hydrogen-bond acceptors (Lipinski definition) is 7. The van der Waals surface area contributed by atoms with Gasteiger partial charge >= 0.3 is 5.97 Å². The predicted molar refractivity (Wildman–Crippen MR) is 138 cm³/mol. The Kier molecular flexibility index (Phi) is 6.24. The summed E-state index contributed by atoms with van der Waals surface area (Å²) >= 11 is 7.15. The van der Waals surface area contributed by atoms with Crippen LogP contribution in [0.4, 0.5) is 4.39 Å². The van der Waals surface area contributed by atoms with Gasteiger partial charge in [0.2, 0.25) is 11.9 Å². The number of benzene rings is 1. The van der Waals surface area contributed by atoms with Crippen LogP contribution in [0.25, 0.3) is 22.4 Å². The summed E-state index contributed by atoms with van der Waals surface area (Å²) in [6, 6.07) is 9.10. The minimum absolute atomic E-state index is 0.186. The highest BCUT2D eigenvalue weighted by molar-refractivity contribution is 7.12. The molecule has 1 fully saturated rings. The van der Waals surface area contributed by atoms with Crippen molar-refractivity contribution in [3.8, 4) is 16.8 Å². The molecule has 0 saturated heterocycles. The second kappa shape index (κ2) is 9.73. The molecule has 3 aromatic heterocycles. The molecule has 1 aromatic carbocycles. The molecule has 1 aliphatic carbocycles. The Morgan fingerprint density at radius 2 is 2.11 bits per heavy atom. The molecule has 38 heavy (non-hydrogen) atoms. The molecule has 9 nitrogen and oxygen atoms in total. The number of pyridine rings is 1. The molecule has 2 N–H and O–H groups in total. The van der Waals surface area contributed by atoms with Crippen molar-refractivity contribution in [1.29, 1.82) is 0 Å². The van der Waals surface area contributed by atoms with Gasteiger partial charge in [0.1, 0.15) is 11.2 Å². The maximum atomic E-state index is 14.7. The maximum Gasteiger partial charge on any atom is 0.348 e. The van der Waals surface area contributed by atoms with E-state index < -0.39 is 11.8 Å². The normalized spacial score (nSPS) is 15.8. The number of nitrogens with zero attached hydrogens (tertiary/aromatic N) is 6. The third-order valence-electron chi connectivity index (χ3n) is 6.88. The van der Waals surface area contributed by atoms with E-state index in [1.54, 1.807) is 30.6 Å². The summed E-state index contributed by atoms with van der Waals surface area (Å²) in [5, 5.41) is 33.8. The fourth-order valence-corrected chi connectivity index (χ4v) is 5.77. The first-order chi connectivity index (χ1) is 18.4. The lowest BCUT2D eigenvalue weighted by molar-refractivity contribution is -0.909. The van der Waals surface area contributed by atoms with Gasteiger partial charge in [-0.25, -0.2) is 9.18 Å². The Bertz CT molecular complexity index is 1610. The van der Waals surface area contributed by atoms with Gasteiger partial charge in [0, 0.05) is 50.7 Å². The molecule has 0 amide bonds. The summed E-state index contributed by atoms with van der Waals surface area (Å²) in [5.41, 5.74) is 4.52. The van der Waals surface area contributed by atoms with Gasteiger partial charge in [-0.2, -0.15) is 4.68 Å². The molecule has 0 spiro atoms. The number of carboxylic acid groups (broad SMARTS) is 1. The molecule has 4 heterocycles. The molecule has 0 bridgehead atoms. The summed E-state index contributed by atoms with van der Waals surface area (Å²) in [5.74, 6) is -1.67. The maximum absolute atomic E-state index is 14.7. The number of hydrogen-bond donors (Lipinski definition) is 2. The number of thiophene rings is 1. The highest BCUT2D eigenvalue weighted by Crippen LogP contribution is 2.42. The van der Waals surface area contributed by atoms with E-state index in [-0.39, 0.29) is 16.4 Å². The Balaban J connectivity index is 1.31. The largest absolute Gasteiger partial charge is 0.477 e. The second-order valence-corrected chi connectivity index (χ2v) is 10.7. The molecule has 2 aliphatic rings. The van der Waals surface area contributed by atoms with Gasteiger partial charge in [0.25, 0.3) is 0 Å². The van der Waals surface area contributed by atoms with Crippen LogP contribution in [-0.2, 0) is 0 Å². The van der Waals surface area contributed by atoms with Crippen molar-refractivity contribution in [3.05, 3.63) is 81.4 Å². The third-order valence-corrected chi connectivity index (χ3v) is 8.06. The number of tetrazole rings is 1. The Labute approximate surface area is 225 Å². The first-order valence-electron chi connectivity index (χ1n) is 11.9. The van der Waals surface area contributed by atoms with E-state index >= 15 is 0 Å². The number of aliphatic imine (C=N–C) groups is 1. The lowest BCUT2D eigenvalue weighted by Crippen LogP contribution is -2.38. The molecule has 1 atom stereocenters. The number of aromatic carboxylic acids is 1. The van der Waals surface area contributed by atoms with E-state index in [4.69, 9.17) is 11.6 Å². The van der Waals surface area contributed by atoms with Gasteiger partial charge < -0.3 is 5.11 Å². The van der Waals surface area contributed by atoms with Crippen LogP contribution in [0, 0.1) is 11.7 Å². The van der Waals surface area contributed by atoms with E-state index in [0.717, 1.165) is 46.6 Å². The van der Waals surface area contributed by atoms with Crippen LogP contribution in [0.15, 0.2) is 59.4 Å². The zero-order chi connectivity index (χ0) is 26.4. The zero-order valence-electron chi connectivity index (χ0n) is 19.8. The minimum atomic E-state index is -1.28. The summed E-state index contributed by atoms with van der Waals surface area (Å²) in [6.45, 7) is 0. The number of carbonyl (C=O) groups is 1. The SMILES string of the molecule is O=C(O)c1scc(C2=CN=C(C(CC3CC3)c3ccc(-c4cc(Cl)ccc4-n4cnnn4)c[n+]3O)C2)c1F. The molecule has 1 aliphatic heterocycles. The van der Waals surface area contributed by atoms with Crippen molar-refractivity contribution < 1.29 is 24.2 Å². The van der Waals surface area contributed by atoms with Crippen LogP contribution in [0.3, 0.4) is 0 Å². The summed E-state index contributed by atoms with van der Waals surface area (Å²) < 4.78 is 17.3. The first-order valence-corrected chi connectivity index (χ1v) is 13.2. The topological polar surface area (TPSA) is 117 Å². The molecule has 0 radical (unpaired) electrons. The second-order valence-electron chi connectivity index (χ2n) is 9.38. The van der Waals surface area contributed by atoms with E-state index in [1.807, 2.05) is 12.1 Å². The number of halogens is 2. The molecule has 1 unspecified atom stereocenters. The monoisotopic (exact) mass is 551 g/mol. The van der Waals surface area contributed by atoms with Crippen LogP contribution in [0.5, 0.6) is 0 Å². The molecule has 6 rings (SSSR count). The lowest BCUT2D eigenvalue weighted by atomic mass is 9.88. The standard InChI is InChI=1S/C26H20ClFN6O3S/c27-17-4-6-22(33-13-30-31-32-33)18(9-17)15-3-5-23(34(37)11-15)19(7-14-1-2-14)21-8-16(10-29-21)20-12-38-25(24(20)28)26(35)36/h3-6,9-14,19H,1-2,7-8H2,(H-,35,36,37)/p+1. The highest BCUT2D eigenvalue weighted by Gasteiger charge is 2.36. The summed E-state index contributed by atoms with van der Waals surface area (Å²) in [4.78, 5) is 15.6. The van der Waals surface area contributed by atoms with E-state index in [2.05, 4.69) is 20.5 Å². The van der Waals surface area contributed by atoms with Crippen LogP contribution in [-0.4, -0.2) is 42.2 Å².